The summed E-state index contributed by atoms with van der Waals surface area (Å²) in [6, 6.07) is 3.80. The smallest absolute Gasteiger partial charge is 0.207 e. The summed E-state index contributed by atoms with van der Waals surface area (Å²) in [6.07, 6.45) is 4.17. The zero-order valence-corrected chi connectivity index (χ0v) is 6.25. The summed E-state index contributed by atoms with van der Waals surface area (Å²) in [5, 5.41) is 2.59. The fourth-order valence-corrected chi connectivity index (χ4v) is 0.878. The Morgan fingerprint density at radius 3 is 3.18 bits per heavy atom. The Kier molecular flexibility index (Phi) is 3.25. The molecule has 1 amide bonds. The maximum Gasteiger partial charge on any atom is 0.207 e. The quantitative estimate of drug-likeness (QED) is 0.505. The fraction of sp³-hybridized carbons (Fsp3) is 0.375. The van der Waals surface area contributed by atoms with Gasteiger partial charge in [-0.15, -0.1) is 0 Å². The van der Waals surface area contributed by atoms with Gasteiger partial charge in [-0.25, -0.2) is 0 Å². The lowest BCUT2D eigenvalue weighted by atomic mass is 10.2. The molecule has 0 fully saturated rings. The van der Waals surface area contributed by atoms with Crippen LogP contribution in [0.15, 0.2) is 22.8 Å². The third kappa shape index (κ3) is 2.89. The number of furan rings is 1. The summed E-state index contributed by atoms with van der Waals surface area (Å²) in [7, 11) is 0. The summed E-state index contributed by atoms with van der Waals surface area (Å²) in [5.41, 5.74) is 0. The summed E-state index contributed by atoms with van der Waals surface area (Å²) in [6.45, 7) is 0.713. The van der Waals surface area contributed by atoms with Gasteiger partial charge in [0.15, 0.2) is 0 Å². The summed E-state index contributed by atoms with van der Waals surface area (Å²) >= 11 is 0. The van der Waals surface area contributed by atoms with E-state index in [-0.39, 0.29) is 0 Å². The van der Waals surface area contributed by atoms with Crippen molar-refractivity contribution in [2.45, 2.75) is 12.8 Å². The molecule has 0 atom stereocenters. The van der Waals surface area contributed by atoms with Crippen LogP contribution in [0.4, 0.5) is 0 Å². The van der Waals surface area contributed by atoms with Gasteiger partial charge in [0.2, 0.25) is 6.41 Å². The molecule has 1 aromatic heterocycles. The maximum atomic E-state index is 9.83. The van der Waals surface area contributed by atoms with Crippen molar-refractivity contribution >= 4 is 6.41 Å². The maximum absolute atomic E-state index is 9.83. The Morgan fingerprint density at radius 2 is 2.55 bits per heavy atom. The van der Waals surface area contributed by atoms with Crippen LogP contribution in [-0.2, 0) is 11.2 Å². The molecule has 3 nitrogen and oxygen atoms in total. The van der Waals surface area contributed by atoms with Gasteiger partial charge in [0.05, 0.1) is 6.26 Å². The zero-order chi connectivity index (χ0) is 7.94. The average Bonchev–Trinajstić information content (AvgIpc) is 2.50. The van der Waals surface area contributed by atoms with Crippen molar-refractivity contribution in [2.24, 2.45) is 0 Å². The monoisotopic (exact) mass is 153 g/mol. The minimum Gasteiger partial charge on any atom is -0.469 e. The number of nitrogens with one attached hydrogen (secondary N) is 1. The summed E-state index contributed by atoms with van der Waals surface area (Å²) in [4.78, 5) is 9.83. The van der Waals surface area contributed by atoms with Crippen LogP contribution in [0, 0.1) is 0 Å². The molecule has 0 aliphatic carbocycles. The van der Waals surface area contributed by atoms with Gasteiger partial charge >= 0.3 is 0 Å². The topological polar surface area (TPSA) is 42.2 Å². The molecule has 0 aliphatic heterocycles. The highest BCUT2D eigenvalue weighted by Gasteiger charge is 1.93. The van der Waals surface area contributed by atoms with Crippen LogP contribution in [0.5, 0.6) is 0 Å². The third-order valence-corrected chi connectivity index (χ3v) is 1.41. The lowest BCUT2D eigenvalue weighted by Gasteiger charge is -1.95. The lowest BCUT2D eigenvalue weighted by Crippen LogP contribution is -2.12. The molecule has 60 valence electrons. The molecular formula is C8H11NO2. The zero-order valence-electron chi connectivity index (χ0n) is 6.25. The van der Waals surface area contributed by atoms with Gasteiger partial charge in [-0.3, -0.25) is 4.79 Å². The van der Waals surface area contributed by atoms with Crippen LogP contribution in [0.3, 0.4) is 0 Å². The molecule has 1 aromatic rings. The molecule has 0 aliphatic rings. The van der Waals surface area contributed by atoms with Crippen molar-refractivity contribution in [2.75, 3.05) is 6.54 Å². The minimum absolute atomic E-state index is 0.710. The van der Waals surface area contributed by atoms with Crippen LogP contribution in [0.1, 0.15) is 12.2 Å². The standard InChI is InChI=1S/C8H11NO2/c10-7-9-5-1-3-8-4-2-6-11-8/h2,4,6-7H,1,3,5H2,(H,9,10). The Balaban J connectivity index is 2.09. The minimum atomic E-state index is 0.710. The van der Waals surface area contributed by atoms with Crippen LogP contribution in [-0.4, -0.2) is 13.0 Å². The number of amides is 1. The second kappa shape index (κ2) is 4.55. The van der Waals surface area contributed by atoms with Crippen molar-refractivity contribution in [1.29, 1.82) is 0 Å². The van der Waals surface area contributed by atoms with Gasteiger partial charge in [0.25, 0.3) is 0 Å². The number of carbonyl (C=O) groups excluding carboxylic acids is 1. The summed E-state index contributed by atoms with van der Waals surface area (Å²) in [5.74, 6) is 0.970. The second-order valence-electron chi connectivity index (χ2n) is 2.25. The van der Waals surface area contributed by atoms with Crippen LogP contribution in [0.25, 0.3) is 0 Å². The van der Waals surface area contributed by atoms with E-state index in [4.69, 9.17) is 4.42 Å². The number of rotatable bonds is 5. The Morgan fingerprint density at radius 1 is 1.64 bits per heavy atom. The first-order chi connectivity index (χ1) is 5.43. The van der Waals surface area contributed by atoms with Crippen molar-refractivity contribution < 1.29 is 9.21 Å². The molecule has 0 aromatic carbocycles. The van der Waals surface area contributed by atoms with Crippen molar-refractivity contribution in [3.63, 3.8) is 0 Å². The van der Waals surface area contributed by atoms with Gasteiger partial charge in [-0.1, -0.05) is 0 Å². The highest BCUT2D eigenvalue weighted by Crippen LogP contribution is 2.02. The third-order valence-electron chi connectivity index (χ3n) is 1.41. The largest absolute Gasteiger partial charge is 0.469 e. The number of carbonyl (C=O) groups is 1. The number of hydrogen-bond acceptors (Lipinski definition) is 2. The van der Waals surface area contributed by atoms with Crippen LogP contribution < -0.4 is 5.32 Å². The molecule has 0 saturated carbocycles. The normalized spacial score (nSPS) is 9.45. The summed E-state index contributed by atoms with van der Waals surface area (Å²) < 4.78 is 5.10. The highest BCUT2D eigenvalue weighted by atomic mass is 16.3. The number of aryl methyl sites for hydroxylation is 1. The molecule has 0 spiro atoms. The molecule has 1 heterocycles. The first kappa shape index (κ1) is 7.85. The molecule has 0 unspecified atom stereocenters. The predicted molar refractivity (Wildman–Crippen MR) is 41.1 cm³/mol. The SMILES string of the molecule is O=CNCCCc1ccco1. The fourth-order valence-electron chi connectivity index (χ4n) is 0.878. The van der Waals surface area contributed by atoms with E-state index in [0.29, 0.717) is 13.0 Å². The Labute approximate surface area is 65.4 Å². The highest BCUT2D eigenvalue weighted by molar-refractivity contribution is 5.45. The predicted octanol–water partition coefficient (Wildman–Crippen LogP) is 0.958. The molecule has 1 N–H and O–H groups in total. The van der Waals surface area contributed by atoms with E-state index >= 15 is 0 Å². The molecule has 11 heavy (non-hydrogen) atoms. The molecule has 0 radical (unpaired) electrons. The number of hydrogen-bond donors (Lipinski definition) is 1. The molecular weight excluding hydrogens is 142 g/mol. The lowest BCUT2D eigenvalue weighted by molar-refractivity contribution is -0.109. The van der Waals surface area contributed by atoms with Gasteiger partial charge < -0.3 is 9.73 Å². The van der Waals surface area contributed by atoms with E-state index in [1.807, 2.05) is 12.1 Å². The average molecular weight is 153 g/mol. The van der Waals surface area contributed by atoms with Crippen molar-refractivity contribution in [1.82, 2.24) is 5.32 Å². The molecule has 1 rings (SSSR count). The van der Waals surface area contributed by atoms with Gasteiger partial charge in [-0.05, 0) is 18.6 Å². The molecule has 0 saturated heterocycles. The van der Waals surface area contributed by atoms with E-state index in [2.05, 4.69) is 5.32 Å². The van der Waals surface area contributed by atoms with E-state index in [9.17, 15) is 4.79 Å². The van der Waals surface area contributed by atoms with Crippen LogP contribution in [0.2, 0.25) is 0 Å². The van der Waals surface area contributed by atoms with E-state index in [1.165, 1.54) is 0 Å². The van der Waals surface area contributed by atoms with Gasteiger partial charge in [-0.2, -0.15) is 0 Å². The second-order valence-corrected chi connectivity index (χ2v) is 2.25. The van der Waals surface area contributed by atoms with Gasteiger partial charge in [0.1, 0.15) is 5.76 Å². The molecule has 0 bridgehead atoms. The van der Waals surface area contributed by atoms with E-state index < -0.39 is 0 Å². The Bertz CT molecular complexity index is 194. The van der Waals surface area contributed by atoms with Crippen LogP contribution >= 0.6 is 0 Å². The van der Waals surface area contributed by atoms with E-state index in [0.717, 1.165) is 18.6 Å². The molecule has 3 heteroatoms. The van der Waals surface area contributed by atoms with E-state index in [1.54, 1.807) is 6.26 Å². The first-order valence-electron chi connectivity index (χ1n) is 3.63. The van der Waals surface area contributed by atoms with Gasteiger partial charge in [0, 0.05) is 13.0 Å². The Hall–Kier alpha value is -1.25. The first-order valence-corrected chi connectivity index (χ1v) is 3.63. The van der Waals surface area contributed by atoms with Crippen molar-refractivity contribution in [3.8, 4) is 0 Å². The van der Waals surface area contributed by atoms with Crippen molar-refractivity contribution in [3.05, 3.63) is 24.2 Å².